The number of anilines is 1. The molecule has 0 radical (unpaired) electrons. The molecule has 132 valence electrons. The van der Waals surface area contributed by atoms with Crippen molar-refractivity contribution in [3.8, 4) is 0 Å². The highest BCUT2D eigenvalue weighted by molar-refractivity contribution is 5.48. The Bertz CT molecular complexity index is 447. The minimum absolute atomic E-state index is 0.329. The lowest BCUT2D eigenvalue weighted by molar-refractivity contribution is 0.376. The molecular formula is C20H33F2N. The summed E-state index contributed by atoms with van der Waals surface area (Å²) in [7, 11) is 0. The summed E-state index contributed by atoms with van der Waals surface area (Å²) in [5.41, 5.74) is 0.402. The first-order chi connectivity index (χ1) is 11.0. The van der Waals surface area contributed by atoms with Gasteiger partial charge in [-0.3, -0.25) is 0 Å². The molecule has 0 bridgehead atoms. The van der Waals surface area contributed by atoms with Gasteiger partial charge in [-0.2, -0.15) is 0 Å². The van der Waals surface area contributed by atoms with Crippen molar-refractivity contribution in [3.05, 3.63) is 29.8 Å². The predicted molar refractivity (Wildman–Crippen MR) is 95.9 cm³/mol. The third-order valence-corrected chi connectivity index (χ3v) is 4.62. The Morgan fingerprint density at radius 1 is 1.00 bits per heavy atom. The van der Waals surface area contributed by atoms with Crippen molar-refractivity contribution in [2.45, 2.75) is 66.2 Å². The highest BCUT2D eigenvalue weighted by Crippen LogP contribution is 2.25. The van der Waals surface area contributed by atoms with Gasteiger partial charge in [0, 0.05) is 19.2 Å². The molecule has 0 spiro atoms. The fourth-order valence-electron chi connectivity index (χ4n) is 3.26. The Morgan fingerprint density at radius 2 is 1.74 bits per heavy atom. The van der Waals surface area contributed by atoms with Crippen LogP contribution in [-0.2, 0) is 0 Å². The molecule has 3 heteroatoms. The largest absolute Gasteiger partial charge is 0.369 e. The maximum Gasteiger partial charge on any atom is 0.146 e. The minimum atomic E-state index is -0.371. The molecule has 1 aromatic rings. The van der Waals surface area contributed by atoms with Crippen LogP contribution in [0.2, 0.25) is 0 Å². The molecule has 0 amide bonds. The van der Waals surface area contributed by atoms with E-state index in [0.717, 1.165) is 31.8 Å². The van der Waals surface area contributed by atoms with Crippen molar-refractivity contribution in [1.82, 2.24) is 0 Å². The standard InChI is InChI=1S/C20H33F2N/c1-5-8-17(7-3)10-9-16(4)15-23(13-6-2)20-14-18(21)11-12-19(20)22/h11-12,14,16-17H,5-10,13,15H2,1-4H3. The van der Waals surface area contributed by atoms with Gasteiger partial charge in [-0.25, -0.2) is 8.78 Å². The fourth-order valence-corrected chi connectivity index (χ4v) is 3.26. The summed E-state index contributed by atoms with van der Waals surface area (Å²) >= 11 is 0. The zero-order chi connectivity index (χ0) is 17.2. The van der Waals surface area contributed by atoms with Crippen LogP contribution in [0.4, 0.5) is 14.5 Å². The van der Waals surface area contributed by atoms with E-state index in [4.69, 9.17) is 0 Å². The molecule has 0 aromatic heterocycles. The summed E-state index contributed by atoms with van der Waals surface area (Å²) in [6, 6.07) is 3.74. The molecule has 1 rings (SSSR count). The molecule has 0 aliphatic carbocycles. The summed E-state index contributed by atoms with van der Waals surface area (Å²) in [6.07, 6.45) is 7.07. The van der Waals surface area contributed by atoms with Gasteiger partial charge in [0.15, 0.2) is 0 Å². The molecule has 0 saturated heterocycles. The van der Waals surface area contributed by atoms with E-state index in [1.807, 2.05) is 4.90 Å². The van der Waals surface area contributed by atoms with E-state index in [0.29, 0.717) is 11.6 Å². The summed E-state index contributed by atoms with van der Waals surface area (Å²) in [4.78, 5) is 2.00. The first-order valence-electron chi connectivity index (χ1n) is 9.21. The first kappa shape index (κ1) is 19.9. The molecule has 23 heavy (non-hydrogen) atoms. The van der Waals surface area contributed by atoms with E-state index < -0.39 is 0 Å². The highest BCUT2D eigenvalue weighted by Gasteiger charge is 2.16. The predicted octanol–water partition coefficient (Wildman–Crippen LogP) is 6.42. The lowest BCUT2D eigenvalue weighted by Gasteiger charge is -2.28. The molecule has 0 aliphatic heterocycles. The lowest BCUT2D eigenvalue weighted by Crippen LogP contribution is -2.30. The van der Waals surface area contributed by atoms with E-state index in [1.165, 1.54) is 43.9 Å². The molecule has 2 unspecified atom stereocenters. The van der Waals surface area contributed by atoms with E-state index in [2.05, 4.69) is 27.7 Å². The molecule has 0 aliphatic rings. The van der Waals surface area contributed by atoms with E-state index in [-0.39, 0.29) is 11.6 Å². The van der Waals surface area contributed by atoms with Crippen LogP contribution in [0.3, 0.4) is 0 Å². The number of hydrogen-bond donors (Lipinski definition) is 0. The Labute approximate surface area is 141 Å². The molecule has 1 aromatic carbocycles. The summed E-state index contributed by atoms with van der Waals surface area (Å²) in [6.45, 7) is 10.3. The fraction of sp³-hybridized carbons (Fsp3) is 0.700. The van der Waals surface area contributed by atoms with E-state index >= 15 is 0 Å². The average molecular weight is 325 g/mol. The summed E-state index contributed by atoms with van der Waals surface area (Å²) < 4.78 is 27.5. The zero-order valence-electron chi connectivity index (χ0n) is 15.2. The van der Waals surface area contributed by atoms with Gasteiger partial charge >= 0.3 is 0 Å². The normalized spacial score (nSPS) is 13.8. The third kappa shape index (κ3) is 6.88. The van der Waals surface area contributed by atoms with Crippen LogP contribution in [0, 0.1) is 23.5 Å². The van der Waals surface area contributed by atoms with E-state index in [9.17, 15) is 8.78 Å². The second-order valence-corrected chi connectivity index (χ2v) is 6.79. The Morgan fingerprint density at radius 3 is 2.35 bits per heavy atom. The summed E-state index contributed by atoms with van der Waals surface area (Å²) in [5.74, 6) is 0.580. The van der Waals surface area contributed by atoms with Gasteiger partial charge in [0.2, 0.25) is 0 Å². The van der Waals surface area contributed by atoms with Crippen LogP contribution in [0.15, 0.2) is 18.2 Å². The maximum absolute atomic E-state index is 14.1. The molecule has 2 atom stereocenters. The third-order valence-electron chi connectivity index (χ3n) is 4.62. The maximum atomic E-state index is 14.1. The lowest BCUT2D eigenvalue weighted by atomic mass is 9.91. The zero-order valence-corrected chi connectivity index (χ0v) is 15.2. The van der Waals surface area contributed by atoms with Crippen LogP contribution < -0.4 is 4.90 Å². The van der Waals surface area contributed by atoms with Crippen molar-refractivity contribution in [1.29, 1.82) is 0 Å². The number of halogens is 2. The molecule has 0 saturated carbocycles. The van der Waals surface area contributed by atoms with Crippen molar-refractivity contribution in [2.75, 3.05) is 18.0 Å². The van der Waals surface area contributed by atoms with Crippen molar-refractivity contribution < 1.29 is 8.78 Å². The highest BCUT2D eigenvalue weighted by atomic mass is 19.1. The number of hydrogen-bond acceptors (Lipinski definition) is 1. The quantitative estimate of drug-likeness (QED) is 0.453. The smallest absolute Gasteiger partial charge is 0.146 e. The second kappa shape index (κ2) is 10.6. The minimum Gasteiger partial charge on any atom is -0.369 e. The average Bonchev–Trinajstić information content (AvgIpc) is 2.53. The monoisotopic (exact) mass is 325 g/mol. The molecule has 0 heterocycles. The molecule has 0 N–H and O–H groups in total. The topological polar surface area (TPSA) is 3.24 Å². The Balaban J connectivity index is 2.66. The summed E-state index contributed by atoms with van der Waals surface area (Å²) in [5, 5.41) is 0. The van der Waals surface area contributed by atoms with Gasteiger partial charge < -0.3 is 4.90 Å². The Hall–Kier alpha value is -1.12. The van der Waals surface area contributed by atoms with Gasteiger partial charge in [0.05, 0.1) is 5.69 Å². The number of nitrogens with zero attached hydrogens (tertiary/aromatic N) is 1. The number of benzene rings is 1. The van der Waals surface area contributed by atoms with Crippen molar-refractivity contribution in [2.24, 2.45) is 11.8 Å². The van der Waals surface area contributed by atoms with Crippen LogP contribution in [0.25, 0.3) is 0 Å². The van der Waals surface area contributed by atoms with Gasteiger partial charge in [-0.05, 0) is 36.8 Å². The van der Waals surface area contributed by atoms with Crippen LogP contribution >= 0.6 is 0 Å². The van der Waals surface area contributed by atoms with Gasteiger partial charge in [0.1, 0.15) is 11.6 Å². The van der Waals surface area contributed by atoms with E-state index in [1.54, 1.807) is 0 Å². The van der Waals surface area contributed by atoms with Crippen molar-refractivity contribution >= 4 is 5.69 Å². The van der Waals surface area contributed by atoms with Crippen LogP contribution in [0.5, 0.6) is 0 Å². The SMILES string of the molecule is CCCC(CC)CCC(C)CN(CCC)c1cc(F)ccc1F. The van der Waals surface area contributed by atoms with Crippen LogP contribution in [0.1, 0.15) is 66.2 Å². The van der Waals surface area contributed by atoms with Crippen molar-refractivity contribution in [3.63, 3.8) is 0 Å². The first-order valence-corrected chi connectivity index (χ1v) is 9.21. The molecule has 0 fully saturated rings. The van der Waals surface area contributed by atoms with Gasteiger partial charge in [-0.15, -0.1) is 0 Å². The molecular weight excluding hydrogens is 292 g/mol. The second-order valence-electron chi connectivity index (χ2n) is 6.79. The molecule has 1 nitrogen and oxygen atoms in total. The van der Waals surface area contributed by atoms with Gasteiger partial charge in [0.25, 0.3) is 0 Å². The van der Waals surface area contributed by atoms with Crippen LogP contribution in [-0.4, -0.2) is 13.1 Å². The Kier molecular flexibility index (Phi) is 9.20. The number of rotatable bonds is 11. The van der Waals surface area contributed by atoms with Gasteiger partial charge in [-0.1, -0.05) is 53.4 Å².